The molecule has 1 aliphatic heterocycles. The Bertz CT molecular complexity index is 560. The molecule has 0 aromatic carbocycles. The van der Waals surface area contributed by atoms with Crippen LogP contribution < -0.4 is 10.6 Å². The maximum absolute atomic E-state index is 5.59. The number of guanidine groups is 1. The van der Waals surface area contributed by atoms with Crippen molar-refractivity contribution >= 4 is 5.96 Å². The number of hydrogen-bond acceptors (Lipinski definition) is 4. The Morgan fingerprint density at radius 3 is 2.79 bits per heavy atom. The van der Waals surface area contributed by atoms with Crippen LogP contribution in [-0.2, 0) is 24.1 Å². The first-order chi connectivity index (χ1) is 11.4. The van der Waals surface area contributed by atoms with Crippen LogP contribution in [0.2, 0.25) is 0 Å². The molecule has 1 aromatic rings. The Hall–Kier alpha value is -1.63. The molecule has 7 heteroatoms. The first-order valence-electron chi connectivity index (χ1n) is 8.80. The van der Waals surface area contributed by atoms with Crippen molar-refractivity contribution in [3.8, 4) is 0 Å². The Kier molecular flexibility index (Phi) is 6.21. The summed E-state index contributed by atoms with van der Waals surface area (Å²) in [7, 11) is 3.56. The van der Waals surface area contributed by atoms with Crippen molar-refractivity contribution in [2.75, 3.05) is 20.7 Å². The summed E-state index contributed by atoms with van der Waals surface area (Å²) in [4.78, 5) is 8.90. The number of rotatable bonds is 5. The van der Waals surface area contributed by atoms with Gasteiger partial charge in [-0.1, -0.05) is 27.7 Å². The van der Waals surface area contributed by atoms with Crippen molar-refractivity contribution in [1.82, 2.24) is 25.4 Å². The fourth-order valence-corrected chi connectivity index (χ4v) is 2.95. The number of aromatic nitrogens is 3. The van der Waals surface area contributed by atoms with Gasteiger partial charge in [-0.3, -0.25) is 4.99 Å². The Balaban J connectivity index is 1.89. The highest BCUT2D eigenvalue weighted by Gasteiger charge is 2.25. The van der Waals surface area contributed by atoms with Gasteiger partial charge in [0.1, 0.15) is 5.82 Å². The van der Waals surface area contributed by atoms with Crippen molar-refractivity contribution < 1.29 is 4.74 Å². The SMILES string of the molecule is CCc1nc2n(n1)CC(NC(=NC)NCC(OC)C(C)(C)C)CC2. The average molecular weight is 336 g/mol. The molecule has 24 heavy (non-hydrogen) atoms. The number of methoxy groups -OCH3 is 1. The van der Waals surface area contributed by atoms with E-state index >= 15 is 0 Å². The third-order valence-electron chi connectivity index (χ3n) is 4.49. The highest BCUT2D eigenvalue weighted by molar-refractivity contribution is 5.80. The second-order valence-corrected chi connectivity index (χ2v) is 7.40. The third-order valence-corrected chi connectivity index (χ3v) is 4.49. The number of ether oxygens (including phenoxy) is 1. The van der Waals surface area contributed by atoms with Crippen molar-refractivity contribution in [3.63, 3.8) is 0 Å². The van der Waals surface area contributed by atoms with Gasteiger partial charge in [0.15, 0.2) is 11.8 Å². The van der Waals surface area contributed by atoms with Gasteiger partial charge < -0.3 is 15.4 Å². The molecule has 136 valence electrons. The van der Waals surface area contributed by atoms with Crippen LogP contribution in [0.1, 0.15) is 45.8 Å². The third kappa shape index (κ3) is 4.69. The molecule has 1 aromatic heterocycles. The van der Waals surface area contributed by atoms with Gasteiger partial charge in [-0.2, -0.15) is 5.10 Å². The lowest BCUT2D eigenvalue weighted by Gasteiger charge is -2.31. The van der Waals surface area contributed by atoms with Gasteiger partial charge in [-0.05, 0) is 11.8 Å². The largest absolute Gasteiger partial charge is 0.379 e. The molecule has 1 aliphatic rings. The fourth-order valence-electron chi connectivity index (χ4n) is 2.95. The summed E-state index contributed by atoms with van der Waals surface area (Å²) < 4.78 is 7.62. The molecule has 2 atom stereocenters. The zero-order chi connectivity index (χ0) is 17.7. The van der Waals surface area contributed by atoms with Crippen LogP contribution in [0.4, 0.5) is 0 Å². The van der Waals surface area contributed by atoms with Crippen LogP contribution in [0, 0.1) is 5.41 Å². The predicted molar refractivity (Wildman–Crippen MR) is 96.3 cm³/mol. The summed E-state index contributed by atoms with van der Waals surface area (Å²) in [5, 5.41) is 11.4. The van der Waals surface area contributed by atoms with Crippen molar-refractivity contribution in [1.29, 1.82) is 0 Å². The monoisotopic (exact) mass is 336 g/mol. The number of nitrogens with zero attached hydrogens (tertiary/aromatic N) is 4. The predicted octanol–water partition coefficient (Wildman–Crippen LogP) is 1.38. The molecule has 0 saturated carbocycles. The van der Waals surface area contributed by atoms with E-state index in [-0.39, 0.29) is 11.5 Å². The molecule has 2 rings (SSSR count). The van der Waals surface area contributed by atoms with Crippen molar-refractivity contribution in [3.05, 3.63) is 11.6 Å². The van der Waals surface area contributed by atoms with Crippen LogP contribution in [0.15, 0.2) is 4.99 Å². The molecule has 0 bridgehead atoms. The second kappa shape index (κ2) is 7.96. The van der Waals surface area contributed by atoms with E-state index in [4.69, 9.17) is 4.74 Å². The minimum absolute atomic E-state index is 0.0810. The smallest absolute Gasteiger partial charge is 0.191 e. The fraction of sp³-hybridized carbons (Fsp3) is 0.824. The summed E-state index contributed by atoms with van der Waals surface area (Å²) in [5.74, 6) is 2.84. The Morgan fingerprint density at radius 1 is 1.46 bits per heavy atom. The number of aryl methyl sites for hydroxylation is 2. The average Bonchev–Trinajstić information content (AvgIpc) is 2.95. The highest BCUT2D eigenvalue weighted by atomic mass is 16.5. The minimum Gasteiger partial charge on any atom is -0.379 e. The van der Waals surface area contributed by atoms with Crippen molar-refractivity contribution in [2.24, 2.45) is 10.4 Å². The molecule has 0 radical (unpaired) electrons. The number of nitrogens with one attached hydrogen (secondary N) is 2. The van der Waals surface area contributed by atoms with Crippen molar-refractivity contribution in [2.45, 2.75) is 65.6 Å². The zero-order valence-corrected chi connectivity index (χ0v) is 15.9. The van der Waals surface area contributed by atoms with Gasteiger partial charge in [-0.15, -0.1) is 0 Å². The number of aliphatic imine (C=N–C) groups is 1. The summed E-state index contributed by atoms with van der Waals surface area (Å²) in [6.07, 6.45) is 2.99. The van der Waals surface area contributed by atoms with E-state index in [1.807, 2.05) is 4.68 Å². The lowest BCUT2D eigenvalue weighted by Crippen LogP contribution is -2.50. The van der Waals surface area contributed by atoms with Crippen LogP contribution >= 0.6 is 0 Å². The number of fused-ring (bicyclic) bond motifs is 1. The molecule has 7 nitrogen and oxygen atoms in total. The minimum atomic E-state index is 0.0810. The van der Waals surface area contributed by atoms with Crippen LogP contribution in [-0.4, -0.2) is 53.6 Å². The number of hydrogen-bond donors (Lipinski definition) is 2. The molecule has 0 fully saturated rings. The van der Waals surface area contributed by atoms with Gasteiger partial charge in [0.2, 0.25) is 0 Å². The Labute approximate surface area is 145 Å². The van der Waals surface area contributed by atoms with E-state index in [9.17, 15) is 0 Å². The standard InChI is InChI=1S/C17H32N6O/c1-7-14-21-15-9-8-12(11-23(15)22-14)20-16(18-5)19-10-13(24-6)17(2,3)4/h12-13H,7-11H2,1-6H3,(H2,18,19,20). The van der Waals surface area contributed by atoms with E-state index in [2.05, 4.69) is 53.4 Å². The molecule has 2 heterocycles. The molecular formula is C17H32N6O. The maximum atomic E-state index is 5.59. The molecule has 0 aliphatic carbocycles. The first-order valence-corrected chi connectivity index (χ1v) is 8.80. The summed E-state index contributed by atoms with van der Waals surface area (Å²) >= 11 is 0. The van der Waals surface area contributed by atoms with Gasteiger partial charge >= 0.3 is 0 Å². The van der Waals surface area contributed by atoms with Gasteiger partial charge in [-0.25, -0.2) is 9.67 Å². The molecule has 0 spiro atoms. The Morgan fingerprint density at radius 2 is 2.21 bits per heavy atom. The molecule has 2 unspecified atom stereocenters. The van der Waals surface area contributed by atoms with E-state index < -0.39 is 0 Å². The first kappa shape index (κ1) is 18.7. The van der Waals surface area contributed by atoms with E-state index in [1.54, 1.807) is 14.2 Å². The van der Waals surface area contributed by atoms with Crippen LogP contribution in [0.25, 0.3) is 0 Å². The molecule has 0 amide bonds. The quantitative estimate of drug-likeness (QED) is 0.627. The van der Waals surface area contributed by atoms with E-state index in [0.717, 1.165) is 50.0 Å². The van der Waals surface area contributed by atoms with E-state index in [1.165, 1.54) is 0 Å². The normalized spacial score (nSPS) is 19.8. The topological polar surface area (TPSA) is 76.4 Å². The molecule has 0 saturated heterocycles. The highest BCUT2D eigenvalue weighted by Crippen LogP contribution is 2.21. The second-order valence-electron chi connectivity index (χ2n) is 7.40. The summed E-state index contributed by atoms with van der Waals surface area (Å²) in [5.41, 5.74) is 0.0810. The summed E-state index contributed by atoms with van der Waals surface area (Å²) in [6.45, 7) is 10.2. The van der Waals surface area contributed by atoms with Crippen LogP contribution in [0.5, 0.6) is 0 Å². The van der Waals surface area contributed by atoms with Gasteiger partial charge in [0.25, 0.3) is 0 Å². The van der Waals surface area contributed by atoms with Gasteiger partial charge in [0, 0.05) is 39.6 Å². The van der Waals surface area contributed by atoms with Gasteiger partial charge in [0.05, 0.1) is 12.6 Å². The summed E-state index contributed by atoms with van der Waals surface area (Å²) in [6, 6.07) is 0.311. The molecular weight excluding hydrogens is 304 g/mol. The lowest BCUT2D eigenvalue weighted by molar-refractivity contribution is 0.0205. The lowest BCUT2D eigenvalue weighted by atomic mass is 9.89. The molecule has 2 N–H and O–H groups in total. The zero-order valence-electron chi connectivity index (χ0n) is 15.9. The van der Waals surface area contributed by atoms with Crippen LogP contribution in [0.3, 0.4) is 0 Å². The van der Waals surface area contributed by atoms with E-state index in [0.29, 0.717) is 6.04 Å². The maximum Gasteiger partial charge on any atom is 0.191 e.